The molecule has 0 aliphatic heterocycles. The largest absolute Gasteiger partial charge is 0.484 e. The third-order valence-corrected chi connectivity index (χ3v) is 2.26. The van der Waals surface area contributed by atoms with Crippen molar-refractivity contribution in [1.82, 2.24) is 10.9 Å². The molecule has 1 aromatic carbocycles. The van der Waals surface area contributed by atoms with E-state index in [0.29, 0.717) is 5.75 Å². The van der Waals surface area contributed by atoms with Gasteiger partial charge in [-0.1, -0.05) is 17.7 Å². The number of carbonyl (C=O) groups is 3. The van der Waals surface area contributed by atoms with Gasteiger partial charge in [0.1, 0.15) is 12.2 Å². The number of ether oxygens (including phenoxy) is 2. The number of rotatable bonds is 5. The van der Waals surface area contributed by atoms with Crippen LogP contribution in [0.15, 0.2) is 24.3 Å². The molecular weight excluding hydrogens is 264 g/mol. The van der Waals surface area contributed by atoms with Crippen molar-refractivity contribution in [3.8, 4) is 5.75 Å². The van der Waals surface area contributed by atoms with Crippen LogP contribution in [0.25, 0.3) is 0 Å². The summed E-state index contributed by atoms with van der Waals surface area (Å²) in [4.78, 5) is 33.3. The maximum atomic E-state index is 11.4. The molecule has 0 saturated heterocycles. The number of nitrogens with one attached hydrogen (secondary N) is 2. The predicted molar refractivity (Wildman–Crippen MR) is 69.6 cm³/mol. The van der Waals surface area contributed by atoms with Gasteiger partial charge in [-0.2, -0.15) is 0 Å². The molecule has 1 aromatic rings. The number of carbonyl (C=O) groups excluding carboxylic acids is 3. The molecule has 0 bridgehead atoms. The Morgan fingerprint density at radius 1 is 1.05 bits per heavy atom. The quantitative estimate of drug-likeness (QED) is 0.453. The van der Waals surface area contributed by atoms with Gasteiger partial charge in [-0.15, -0.1) is 0 Å². The van der Waals surface area contributed by atoms with Gasteiger partial charge < -0.3 is 9.47 Å². The van der Waals surface area contributed by atoms with Crippen molar-refractivity contribution >= 4 is 17.8 Å². The lowest BCUT2D eigenvalue weighted by molar-refractivity contribution is -0.144. The van der Waals surface area contributed by atoms with Crippen LogP contribution in [0.2, 0.25) is 0 Å². The average molecular weight is 280 g/mol. The van der Waals surface area contributed by atoms with E-state index < -0.39 is 24.2 Å². The Morgan fingerprint density at radius 3 is 2.25 bits per heavy atom. The van der Waals surface area contributed by atoms with Gasteiger partial charge in [0.2, 0.25) is 5.91 Å². The van der Waals surface area contributed by atoms with Crippen LogP contribution in [0.3, 0.4) is 0 Å². The van der Waals surface area contributed by atoms with Crippen molar-refractivity contribution in [3.63, 3.8) is 0 Å². The molecule has 0 atom stereocenters. The van der Waals surface area contributed by atoms with Gasteiger partial charge >= 0.3 is 5.97 Å². The summed E-state index contributed by atoms with van der Waals surface area (Å²) in [6.07, 6.45) is -0.463. The van der Waals surface area contributed by atoms with Crippen molar-refractivity contribution in [1.29, 1.82) is 0 Å². The Labute approximate surface area is 116 Å². The van der Waals surface area contributed by atoms with Crippen LogP contribution in [-0.4, -0.2) is 31.5 Å². The third-order valence-electron chi connectivity index (χ3n) is 2.26. The minimum absolute atomic E-state index is 0.248. The Kier molecular flexibility index (Phi) is 6.02. The molecule has 0 aromatic heterocycles. The summed E-state index contributed by atoms with van der Waals surface area (Å²) >= 11 is 0. The van der Waals surface area contributed by atoms with Gasteiger partial charge in [0.15, 0.2) is 6.61 Å². The van der Waals surface area contributed by atoms with Crippen molar-refractivity contribution in [2.24, 2.45) is 0 Å². The lowest BCUT2D eigenvalue weighted by atomic mass is 10.2. The fraction of sp³-hybridized carbons (Fsp3) is 0.308. The molecule has 1 rings (SSSR count). The summed E-state index contributed by atoms with van der Waals surface area (Å²) in [5.41, 5.74) is 5.28. The lowest BCUT2D eigenvalue weighted by Gasteiger charge is -2.08. The van der Waals surface area contributed by atoms with Crippen LogP contribution in [-0.2, 0) is 19.1 Å². The highest BCUT2D eigenvalue weighted by Crippen LogP contribution is 2.10. The van der Waals surface area contributed by atoms with E-state index in [4.69, 9.17) is 4.74 Å². The second kappa shape index (κ2) is 7.78. The first-order valence-electron chi connectivity index (χ1n) is 5.85. The number of esters is 1. The molecule has 2 N–H and O–H groups in total. The molecule has 20 heavy (non-hydrogen) atoms. The highest BCUT2D eigenvalue weighted by molar-refractivity contribution is 5.95. The minimum atomic E-state index is -0.687. The zero-order chi connectivity index (χ0) is 15.0. The highest BCUT2D eigenvalue weighted by Gasteiger charge is 2.10. The molecule has 0 aliphatic rings. The van der Waals surface area contributed by atoms with Crippen LogP contribution < -0.4 is 15.6 Å². The third kappa shape index (κ3) is 5.85. The molecule has 0 spiro atoms. The smallest absolute Gasteiger partial charge is 0.315 e. The first kappa shape index (κ1) is 15.5. The molecule has 0 fully saturated rings. The fourth-order valence-corrected chi connectivity index (χ4v) is 1.21. The number of hydrogen-bond acceptors (Lipinski definition) is 5. The van der Waals surface area contributed by atoms with E-state index in [-0.39, 0.29) is 6.61 Å². The van der Waals surface area contributed by atoms with Gasteiger partial charge in [-0.05, 0) is 19.1 Å². The first-order valence-corrected chi connectivity index (χ1v) is 5.85. The van der Waals surface area contributed by atoms with Gasteiger partial charge in [0.05, 0.1) is 7.11 Å². The van der Waals surface area contributed by atoms with E-state index in [1.165, 1.54) is 7.11 Å². The summed E-state index contributed by atoms with van der Waals surface area (Å²) in [7, 11) is 1.17. The number of aryl methyl sites for hydroxylation is 1. The maximum absolute atomic E-state index is 11.4. The van der Waals surface area contributed by atoms with Crippen LogP contribution in [0.4, 0.5) is 0 Å². The fourth-order valence-electron chi connectivity index (χ4n) is 1.21. The Balaban J connectivity index is 2.25. The van der Waals surface area contributed by atoms with E-state index >= 15 is 0 Å². The Hall–Kier alpha value is -2.57. The zero-order valence-electron chi connectivity index (χ0n) is 11.3. The summed E-state index contributed by atoms with van der Waals surface area (Å²) < 4.78 is 9.51. The second-order valence-electron chi connectivity index (χ2n) is 3.95. The number of amides is 2. The van der Waals surface area contributed by atoms with Crippen molar-refractivity contribution in [2.75, 3.05) is 13.7 Å². The molecule has 0 unspecified atom stereocenters. The van der Waals surface area contributed by atoms with E-state index in [9.17, 15) is 14.4 Å². The number of hydrazine groups is 1. The molecule has 7 heteroatoms. The van der Waals surface area contributed by atoms with Gasteiger partial charge in [-0.25, -0.2) is 0 Å². The van der Waals surface area contributed by atoms with E-state index in [1.807, 2.05) is 19.1 Å². The molecule has 0 heterocycles. The number of methoxy groups -OCH3 is 1. The van der Waals surface area contributed by atoms with Gasteiger partial charge in [-0.3, -0.25) is 25.2 Å². The molecular formula is C13H16N2O5. The molecule has 7 nitrogen and oxygen atoms in total. The van der Waals surface area contributed by atoms with Crippen LogP contribution >= 0.6 is 0 Å². The Morgan fingerprint density at radius 2 is 1.65 bits per heavy atom. The molecule has 0 aliphatic carbocycles. The van der Waals surface area contributed by atoms with Crippen LogP contribution in [0.1, 0.15) is 12.0 Å². The minimum Gasteiger partial charge on any atom is -0.484 e. The predicted octanol–water partition coefficient (Wildman–Crippen LogP) is 0.0843. The van der Waals surface area contributed by atoms with E-state index in [0.717, 1.165) is 5.56 Å². The molecule has 108 valence electrons. The number of benzene rings is 1. The highest BCUT2D eigenvalue weighted by atomic mass is 16.5. The van der Waals surface area contributed by atoms with Crippen molar-refractivity contribution in [3.05, 3.63) is 29.8 Å². The monoisotopic (exact) mass is 280 g/mol. The first-order chi connectivity index (χ1) is 9.51. The van der Waals surface area contributed by atoms with Crippen LogP contribution in [0.5, 0.6) is 5.75 Å². The normalized spacial score (nSPS) is 9.50. The summed E-state index contributed by atoms with van der Waals surface area (Å²) in [6.45, 7) is 1.69. The van der Waals surface area contributed by atoms with Gasteiger partial charge in [0.25, 0.3) is 5.91 Å². The second-order valence-corrected chi connectivity index (χ2v) is 3.95. The van der Waals surface area contributed by atoms with Crippen molar-refractivity contribution < 1.29 is 23.9 Å². The zero-order valence-corrected chi connectivity index (χ0v) is 11.3. The standard InChI is InChI=1S/C13H16N2O5/c1-9-3-5-10(6-4-9)20-8-12(17)15-14-11(16)7-13(18)19-2/h3-6H,7-8H2,1-2H3,(H,14,16)(H,15,17). The molecule has 0 saturated carbocycles. The maximum Gasteiger partial charge on any atom is 0.315 e. The summed E-state index contributed by atoms with van der Waals surface area (Å²) in [5.74, 6) is -1.34. The van der Waals surface area contributed by atoms with Gasteiger partial charge in [0, 0.05) is 0 Å². The summed E-state index contributed by atoms with van der Waals surface area (Å²) in [6, 6.07) is 7.17. The van der Waals surface area contributed by atoms with Crippen LogP contribution in [0, 0.1) is 6.92 Å². The molecule has 0 radical (unpaired) electrons. The van der Waals surface area contributed by atoms with E-state index in [1.54, 1.807) is 12.1 Å². The van der Waals surface area contributed by atoms with Crippen molar-refractivity contribution in [2.45, 2.75) is 13.3 Å². The molecule has 2 amide bonds. The van der Waals surface area contributed by atoms with E-state index in [2.05, 4.69) is 15.6 Å². The average Bonchev–Trinajstić information content (AvgIpc) is 2.44. The summed E-state index contributed by atoms with van der Waals surface area (Å²) in [5, 5.41) is 0. The SMILES string of the molecule is COC(=O)CC(=O)NNC(=O)COc1ccc(C)cc1. The lowest BCUT2D eigenvalue weighted by Crippen LogP contribution is -2.44. The number of hydrogen-bond donors (Lipinski definition) is 2. The Bertz CT molecular complexity index is 484. The topological polar surface area (TPSA) is 93.7 Å².